The van der Waals surface area contributed by atoms with Crippen LogP contribution in [0.5, 0.6) is 0 Å². The monoisotopic (exact) mass is 384 g/mol. The minimum atomic E-state index is -0.936. The largest absolute Gasteiger partial charge is 0.423 e. The number of nitrogens with one attached hydrogen (secondary N) is 1. The number of halogens is 1. The smallest absolute Gasteiger partial charge is 0.306 e. The van der Waals surface area contributed by atoms with Crippen molar-refractivity contribution in [3.8, 4) is 0 Å². The molecule has 1 saturated heterocycles. The molecule has 9 heteroatoms. The highest BCUT2D eigenvalue weighted by atomic mass is 19.1. The molecule has 1 N–H and O–H groups in total. The normalized spacial score (nSPS) is 15.0. The molecule has 1 aliphatic heterocycles. The van der Waals surface area contributed by atoms with Gasteiger partial charge in [0.1, 0.15) is 5.52 Å². The molecular weight excluding hydrogens is 367 g/mol. The molecule has 0 unspecified atom stereocenters. The quantitative estimate of drug-likeness (QED) is 0.543. The fourth-order valence-electron chi connectivity index (χ4n) is 3.30. The Balaban J connectivity index is 1.39. The highest BCUT2D eigenvalue weighted by Gasteiger charge is 2.27. The molecule has 0 bridgehead atoms. The van der Waals surface area contributed by atoms with E-state index in [4.69, 9.17) is 4.42 Å². The summed E-state index contributed by atoms with van der Waals surface area (Å²) in [6.45, 7) is 1.21. The molecule has 8 nitrogen and oxygen atoms in total. The molecule has 1 aliphatic rings. The maximum atomic E-state index is 13.4. The molecule has 0 aliphatic carbocycles. The van der Waals surface area contributed by atoms with Crippen molar-refractivity contribution in [2.24, 2.45) is 5.92 Å². The Hall–Kier alpha value is -3.49. The number of nitrogens with zero attached hydrogens (tertiary/aromatic N) is 3. The summed E-state index contributed by atoms with van der Waals surface area (Å²) in [6, 6.07) is 11.4. The molecule has 0 radical (unpaired) electrons. The van der Waals surface area contributed by atoms with Crippen molar-refractivity contribution in [1.82, 2.24) is 4.98 Å². The fraction of sp³-hybridized carbons (Fsp3) is 0.263. The number of nitro benzene ring substituents is 1. The molecule has 0 saturated carbocycles. The van der Waals surface area contributed by atoms with Crippen molar-refractivity contribution >= 4 is 34.4 Å². The van der Waals surface area contributed by atoms with E-state index in [9.17, 15) is 19.3 Å². The van der Waals surface area contributed by atoms with E-state index in [0.717, 1.165) is 23.2 Å². The molecule has 2 aromatic carbocycles. The van der Waals surface area contributed by atoms with Crippen LogP contribution >= 0.6 is 0 Å². The number of oxazole rings is 1. The van der Waals surface area contributed by atoms with Gasteiger partial charge in [-0.3, -0.25) is 14.9 Å². The Bertz CT molecular complexity index is 1010. The van der Waals surface area contributed by atoms with E-state index in [1.54, 1.807) is 0 Å². The Kier molecular flexibility index (Phi) is 4.64. The number of carbonyl (C=O) groups excluding carboxylic acids is 1. The topological polar surface area (TPSA) is 102 Å². The van der Waals surface area contributed by atoms with E-state index < -0.39 is 16.4 Å². The Labute approximate surface area is 159 Å². The SMILES string of the molecule is O=C(Nc1ccc(F)c([N+](=O)[O-])c1)C1CCN(c2nc3ccccc3o2)CC1. The van der Waals surface area contributed by atoms with E-state index in [-0.39, 0.29) is 17.5 Å². The van der Waals surface area contributed by atoms with Gasteiger partial charge in [-0.05, 0) is 37.1 Å². The van der Waals surface area contributed by atoms with Crippen LogP contribution in [0.15, 0.2) is 46.9 Å². The number of benzene rings is 2. The summed E-state index contributed by atoms with van der Waals surface area (Å²) in [6.07, 6.45) is 1.18. The van der Waals surface area contributed by atoms with Crippen LogP contribution in [0.25, 0.3) is 11.1 Å². The molecule has 0 atom stereocenters. The van der Waals surface area contributed by atoms with Crippen molar-refractivity contribution in [2.45, 2.75) is 12.8 Å². The third-order valence-corrected chi connectivity index (χ3v) is 4.83. The highest BCUT2D eigenvalue weighted by Crippen LogP contribution is 2.28. The minimum absolute atomic E-state index is 0.208. The number of piperidine rings is 1. The van der Waals surface area contributed by atoms with Gasteiger partial charge in [0.15, 0.2) is 5.58 Å². The zero-order chi connectivity index (χ0) is 19.7. The van der Waals surface area contributed by atoms with Crippen LogP contribution in [0.4, 0.5) is 21.8 Å². The standard InChI is InChI=1S/C19H17FN4O4/c20-14-6-5-13(11-16(14)24(26)27)21-18(25)12-7-9-23(10-8-12)19-22-15-3-1-2-4-17(15)28-19/h1-6,11-12H,7-10H2,(H,21,25). The summed E-state index contributed by atoms with van der Waals surface area (Å²) in [5, 5.41) is 13.5. The van der Waals surface area contributed by atoms with Crippen LogP contribution in [-0.2, 0) is 4.79 Å². The van der Waals surface area contributed by atoms with Gasteiger partial charge in [0, 0.05) is 30.8 Å². The van der Waals surface area contributed by atoms with Gasteiger partial charge in [-0.2, -0.15) is 9.37 Å². The summed E-state index contributed by atoms with van der Waals surface area (Å²) < 4.78 is 19.2. The third-order valence-electron chi connectivity index (χ3n) is 4.83. The van der Waals surface area contributed by atoms with Crippen LogP contribution < -0.4 is 10.2 Å². The van der Waals surface area contributed by atoms with Gasteiger partial charge < -0.3 is 14.6 Å². The molecule has 4 rings (SSSR count). The second kappa shape index (κ2) is 7.26. The number of nitro groups is 1. The highest BCUT2D eigenvalue weighted by molar-refractivity contribution is 5.93. The lowest BCUT2D eigenvalue weighted by Gasteiger charge is -2.30. The van der Waals surface area contributed by atoms with Gasteiger partial charge in [0.05, 0.1) is 4.92 Å². The van der Waals surface area contributed by atoms with Crippen LogP contribution in [-0.4, -0.2) is 28.9 Å². The summed E-state index contributed by atoms with van der Waals surface area (Å²) >= 11 is 0. The first-order valence-corrected chi connectivity index (χ1v) is 8.86. The predicted molar refractivity (Wildman–Crippen MR) is 101 cm³/mol. The first-order valence-electron chi connectivity index (χ1n) is 8.86. The molecule has 1 aromatic heterocycles. The first kappa shape index (κ1) is 17.9. The minimum Gasteiger partial charge on any atom is -0.423 e. The molecule has 1 amide bonds. The zero-order valence-electron chi connectivity index (χ0n) is 14.8. The Morgan fingerprint density at radius 1 is 1.25 bits per heavy atom. The van der Waals surface area contributed by atoms with Crippen LogP contribution in [0.3, 0.4) is 0 Å². The van der Waals surface area contributed by atoms with E-state index in [0.29, 0.717) is 31.9 Å². The average Bonchev–Trinajstić information content (AvgIpc) is 3.13. The van der Waals surface area contributed by atoms with E-state index in [2.05, 4.69) is 10.3 Å². The van der Waals surface area contributed by atoms with Gasteiger partial charge in [-0.1, -0.05) is 12.1 Å². The number of carbonyl (C=O) groups is 1. The maximum Gasteiger partial charge on any atom is 0.306 e. The summed E-state index contributed by atoms with van der Waals surface area (Å²) in [4.78, 5) is 29.0. The van der Waals surface area contributed by atoms with E-state index >= 15 is 0 Å². The van der Waals surface area contributed by atoms with Gasteiger partial charge >= 0.3 is 5.69 Å². The van der Waals surface area contributed by atoms with Crippen molar-refractivity contribution in [2.75, 3.05) is 23.3 Å². The van der Waals surface area contributed by atoms with Crippen molar-refractivity contribution in [3.63, 3.8) is 0 Å². The maximum absolute atomic E-state index is 13.4. The number of rotatable bonds is 4. The lowest BCUT2D eigenvalue weighted by Crippen LogP contribution is -2.38. The van der Waals surface area contributed by atoms with Crippen LogP contribution in [0.2, 0.25) is 0 Å². The van der Waals surface area contributed by atoms with Crippen molar-refractivity contribution < 1.29 is 18.5 Å². The molecular formula is C19H17FN4O4. The van der Waals surface area contributed by atoms with Crippen molar-refractivity contribution in [1.29, 1.82) is 0 Å². The molecule has 2 heterocycles. The lowest BCUT2D eigenvalue weighted by molar-refractivity contribution is -0.387. The number of hydrogen-bond donors (Lipinski definition) is 1. The first-order chi connectivity index (χ1) is 13.5. The second-order valence-corrected chi connectivity index (χ2v) is 6.64. The number of anilines is 2. The molecule has 3 aromatic rings. The third kappa shape index (κ3) is 3.51. The fourth-order valence-corrected chi connectivity index (χ4v) is 3.30. The van der Waals surface area contributed by atoms with Gasteiger partial charge in [-0.15, -0.1) is 0 Å². The molecule has 1 fully saturated rings. The summed E-state index contributed by atoms with van der Waals surface area (Å²) in [5.74, 6) is -1.42. The van der Waals surface area contributed by atoms with Gasteiger partial charge in [0.25, 0.3) is 6.01 Å². The van der Waals surface area contributed by atoms with E-state index in [1.807, 2.05) is 29.2 Å². The van der Waals surface area contributed by atoms with E-state index in [1.165, 1.54) is 6.07 Å². The molecule has 144 valence electrons. The Morgan fingerprint density at radius 3 is 2.71 bits per heavy atom. The predicted octanol–water partition coefficient (Wildman–Crippen LogP) is 3.73. The molecule has 28 heavy (non-hydrogen) atoms. The number of amides is 1. The number of fused-ring (bicyclic) bond motifs is 1. The zero-order valence-corrected chi connectivity index (χ0v) is 14.8. The number of hydrogen-bond acceptors (Lipinski definition) is 6. The number of para-hydroxylation sites is 2. The Morgan fingerprint density at radius 2 is 2.00 bits per heavy atom. The number of aromatic nitrogens is 1. The van der Waals surface area contributed by atoms with Gasteiger partial charge in [0.2, 0.25) is 11.7 Å². The van der Waals surface area contributed by atoms with Crippen LogP contribution in [0.1, 0.15) is 12.8 Å². The van der Waals surface area contributed by atoms with Gasteiger partial charge in [-0.25, -0.2) is 0 Å². The average molecular weight is 384 g/mol. The lowest BCUT2D eigenvalue weighted by atomic mass is 9.96. The summed E-state index contributed by atoms with van der Waals surface area (Å²) in [7, 11) is 0. The second-order valence-electron chi connectivity index (χ2n) is 6.64. The van der Waals surface area contributed by atoms with Crippen molar-refractivity contribution in [3.05, 3.63) is 58.4 Å². The van der Waals surface area contributed by atoms with Crippen LogP contribution in [0, 0.1) is 21.8 Å². The molecule has 0 spiro atoms. The summed E-state index contributed by atoms with van der Waals surface area (Å²) in [5.41, 5.74) is 1.05.